The molecule has 9 heteroatoms. The van der Waals surface area contributed by atoms with Gasteiger partial charge in [0.2, 0.25) is 17.7 Å². The van der Waals surface area contributed by atoms with E-state index < -0.39 is 0 Å². The molecule has 0 radical (unpaired) electrons. The fourth-order valence-corrected chi connectivity index (χ4v) is 5.44. The number of nitrogens with zero attached hydrogens (tertiary/aromatic N) is 4. The Balaban J connectivity index is 1.39. The van der Waals surface area contributed by atoms with Crippen molar-refractivity contribution >= 4 is 11.8 Å². The molecule has 5 rings (SSSR count). The fraction of sp³-hybridized carbons (Fsp3) is 0.464. The van der Waals surface area contributed by atoms with E-state index in [1.165, 1.54) is 0 Å². The summed E-state index contributed by atoms with van der Waals surface area (Å²) in [6.45, 7) is 1.25. The summed E-state index contributed by atoms with van der Waals surface area (Å²) in [5, 5.41) is 7.31. The van der Waals surface area contributed by atoms with Crippen LogP contribution in [0.2, 0.25) is 0 Å². The second-order valence-corrected chi connectivity index (χ2v) is 9.85. The van der Waals surface area contributed by atoms with Crippen LogP contribution in [-0.4, -0.2) is 58.1 Å². The maximum Gasteiger partial charge on any atom is 0.255 e. The Kier molecular flexibility index (Phi) is 7.77. The number of benzene rings is 1. The fourth-order valence-electron chi connectivity index (χ4n) is 5.44. The van der Waals surface area contributed by atoms with E-state index in [9.17, 15) is 9.59 Å². The first kappa shape index (κ1) is 24.9. The lowest BCUT2D eigenvalue weighted by Crippen LogP contribution is -2.47. The number of amides is 2. The number of carbonyl (C=O) groups excluding carboxylic acids is 2. The van der Waals surface area contributed by atoms with Crippen molar-refractivity contribution in [3.05, 3.63) is 71.5 Å². The molecule has 3 atom stereocenters. The van der Waals surface area contributed by atoms with E-state index in [0.29, 0.717) is 55.5 Å². The molecule has 3 unspecified atom stereocenters. The highest BCUT2D eigenvalue weighted by Crippen LogP contribution is 2.41. The third-order valence-electron chi connectivity index (χ3n) is 7.38. The summed E-state index contributed by atoms with van der Waals surface area (Å²) in [6, 6.07) is 13.2. The monoisotopic (exact) mass is 503 g/mol. The Hall–Kier alpha value is -3.75. The average molecular weight is 504 g/mol. The van der Waals surface area contributed by atoms with Crippen molar-refractivity contribution in [2.75, 3.05) is 20.2 Å². The van der Waals surface area contributed by atoms with Gasteiger partial charge in [0, 0.05) is 43.7 Å². The summed E-state index contributed by atoms with van der Waals surface area (Å²) >= 11 is 0. The van der Waals surface area contributed by atoms with E-state index in [-0.39, 0.29) is 29.7 Å². The van der Waals surface area contributed by atoms with Gasteiger partial charge in [-0.05, 0) is 37.3 Å². The lowest BCUT2D eigenvalue weighted by Gasteiger charge is -2.32. The van der Waals surface area contributed by atoms with Gasteiger partial charge in [-0.2, -0.15) is 4.98 Å². The standard InChI is InChI=1S/C28H33N5O4/c1-36-25-12-11-20(18-30-25)28(35)33-14-8-3-2-7-13-29-26(34)22-16-21(17-23(22)33)27-31-24(32-37-27)15-19-9-5-4-6-10-19/h4-6,9-12,18,21-23H,2-3,7-8,13-17H2,1H3,(H,29,34). The van der Waals surface area contributed by atoms with Crippen LogP contribution in [-0.2, 0) is 11.2 Å². The van der Waals surface area contributed by atoms with Crippen molar-refractivity contribution in [3.8, 4) is 5.88 Å². The van der Waals surface area contributed by atoms with Gasteiger partial charge in [-0.25, -0.2) is 4.98 Å². The number of pyridine rings is 1. The molecule has 1 saturated heterocycles. The number of ether oxygens (including phenoxy) is 1. The van der Waals surface area contributed by atoms with E-state index in [1.54, 1.807) is 25.4 Å². The van der Waals surface area contributed by atoms with Crippen LogP contribution >= 0.6 is 0 Å². The van der Waals surface area contributed by atoms with Crippen molar-refractivity contribution in [1.29, 1.82) is 0 Å². The van der Waals surface area contributed by atoms with Crippen molar-refractivity contribution in [2.24, 2.45) is 5.92 Å². The van der Waals surface area contributed by atoms with Gasteiger partial charge in [0.05, 0.1) is 18.6 Å². The Morgan fingerprint density at radius 3 is 2.73 bits per heavy atom. The molecule has 2 aromatic heterocycles. The first-order valence-corrected chi connectivity index (χ1v) is 13.1. The highest BCUT2D eigenvalue weighted by Gasteiger charge is 2.45. The zero-order valence-corrected chi connectivity index (χ0v) is 21.1. The number of aromatic nitrogens is 3. The minimum Gasteiger partial charge on any atom is -0.481 e. The largest absolute Gasteiger partial charge is 0.481 e. The minimum absolute atomic E-state index is 0.0101. The Bertz CT molecular complexity index is 1200. The summed E-state index contributed by atoms with van der Waals surface area (Å²) in [5.74, 6) is 1.05. The first-order valence-electron chi connectivity index (χ1n) is 13.1. The van der Waals surface area contributed by atoms with E-state index >= 15 is 0 Å². The molecule has 3 aromatic rings. The van der Waals surface area contributed by atoms with Gasteiger partial charge in [-0.1, -0.05) is 48.3 Å². The molecule has 194 valence electrons. The van der Waals surface area contributed by atoms with Crippen molar-refractivity contribution in [2.45, 2.75) is 56.9 Å². The third-order valence-corrected chi connectivity index (χ3v) is 7.38. The molecule has 1 aliphatic carbocycles. The molecule has 2 amide bonds. The van der Waals surface area contributed by atoms with E-state index in [4.69, 9.17) is 9.26 Å². The van der Waals surface area contributed by atoms with Crippen LogP contribution < -0.4 is 10.1 Å². The first-order chi connectivity index (χ1) is 18.1. The summed E-state index contributed by atoms with van der Waals surface area (Å²) < 4.78 is 10.8. The maximum absolute atomic E-state index is 13.7. The smallest absolute Gasteiger partial charge is 0.255 e. The Morgan fingerprint density at radius 1 is 1.11 bits per heavy atom. The van der Waals surface area contributed by atoms with Gasteiger partial charge in [0.15, 0.2) is 5.82 Å². The molecular weight excluding hydrogens is 470 g/mol. The molecule has 1 saturated carbocycles. The van der Waals surface area contributed by atoms with Gasteiger partial charge in [-0.3, -0.25) is 9.59 Å². The van der Waals surface area contributed by atoms with Gasteiger partial charge in [0.1, 0.15) is 0 Å². The number of methoxy groups -OCH3 is 1. The van der Waals surface area contributed by atoms with Crippen LogP contribution in [0.1, 0.15) is 72.1 Å². The maximum atomic E-state index is 13.7. The van der Waals surface area contributed by atoms with Crippen LogP contribution in [0.25, 0.3) is 0 Å². The van der Waals surface area contributed by atoms with E-state index in [0.717, 1.165) is 31.2 Å². The van der Waals surface area contributed by atoms with Crippen LogP contribution in [0.15, 0.2) is 53.2 Å². The average Bonchev–Trinajstić information content (AvgIpc) is 3.57. The number of rotatable bonds is 5. The lowest BCUT2D eigenvalue weighted by molar-refractivity contribution is -0.126. The number of fused-ring (bicyclic) bond motifs is 1. The zero-order chi connectivity index (χ0) is 25.6. The second-order valence-electron chi connectivity index (χ2n) is 9.85. The van der Waals surface area contributed by atoms with Crippen LogP contribution in [0, 0.1) is 5.92 Å². The topological polar surface area (TPSA) is 110 Å². The Labute approximate surface area is 216 Å². The van der Waals surface area contributed by atoms with Crippen LogP contribution in [0.4, 0.5) is 0 Å². The molecule has 0 spiro atoms. The lowest BCUT2D eigenvalue weighted by atomic mass is 9.99. The molecule has 9 nitrogen and oxygen atoms in total. The molecule has 37 heavy (non-hydrogen) atoms. The summed E-state index contributed by atoms with van der Waals surface area (Å²) in [5.41, 5.74) is 1.59. The van der Waals surface area contributed by atoms with Gasteiger partial charge >= 0.3 is 0 Å². The quantitative estimate of drug-likeness (QED) is 0.564. The molecule has 2 fully saturated rings. The van der Waals surface area contributed by atoms with Crippen LogP contribution in [0.5, 0.6) is 5.88 Å². The molecular formula is C28H33N5O4. The minimum atomic E-state index is -0.345. The van der Waals surface area contributed by atoms with Crippen molar-refractivity contribution in [3.63, 3.8) is 0 Å². The van der Waals surface area contributed by atoms with Crippen molar-refractivity contribution in [1.82, 2.24) is 25.3 Å². The van der Waals surface area contributed by atoms with Gasteiger partial charge in [-0.15, -0.1) is 0 Å². The highest BCUT2D eigenvalue weighted by molar-refractivity contribution is 5.94. The molecule has 1 aromatic carbocycles. The van der Waals surface area contributed by atoms with E-state index in [1.807, 2.05) is 35.2 Å². The molecule has 0 bridgehead atoms. The summed E-state index contributed by atoms with van der Waals surface area (Å²) in [6.07, 6.45) is 7.15. The van der Waals surface area contributed by atoms with Crippen LogP contribution in [0.3, 0.4) is 0 Å². The summed E-state index contributed by atoms with van der Waals surface area (Å²) in [4.78, 5) is 37.8. The number of hydrogen-bond acceptors (Lipinski definition) is 7. The van der Waals surface area contributed by atoms with E-state index in [2.05, 4.69) is 20.4 Å². The summed E-state index contributed by atoms with van der Waals surface area (Å²) in [7, 11) is 1.54. The predicted molar refractivity (Wildman–Crippen MR) is 136 cm³/mol. The molecule has 1 aliphatic heterocycles. The highest BCUT2D eigenvalue weighted by atomic mass is 16.5. The second kappa shape index (κ2) is 11.5. The van der Waals surface area contributed by atoms with Gasteiger partial charge < -0.3 is 19.5 Å². The predicted octanol–water partition coefficient (Wildman–Crippen LogP) is 3.76. The van der Waals surface area contributed by atoms with Crippen molar-refractivity contribution < 1.29 is 18.8 Å². The number of hydrogen-bond donors (Lipinski definition) is 1. The zero-order valence-electron chi connectivity index (χ0n) is 21.1. The third kappa shape index (κ3) is 5.81. The Morgan fingerprint density at radius 2 is 1.95 bits per heavy atom. The SMILES string of the molecule is COc1ccc(C(=O)N2CCCCCCNC(=O)C3CC(c4nc(Cc5ccccc5)no4)CC32)cn1. The normalized spacial score (nSPS) is 22.6. The molecule has 1 N–H and O–H groups in total. The molecule has 3 heterocycles. The molecule has 2 aliphatic rings. The number of nitrogens with one attached hydrogen (secondary N) is 1. The number of carbonyl (C=O) groups is 2. The van der Waals surface area contributed by atoms with Gasteiger partial charge in [0.25, 0.3) is 5.91 Å².